The smallest absolute Gasteiger partial charge is 0.321 e. The maximum absolute atomic E-state index is 12.1. The Morgan fingerprint density at radius 1 is 1.36 bits per heavy atom. The quantitative estimate of drug-likeness (QED) is 0.643. The maximum atomic E-state index is 12.1. The summed E-state index contributed by atoms with van der Waals surface area (Å²) in [4.78, 5) is 12.1. The lowest BCUT2D eigenvalue weighted by atomic mass is 10.2. The van der Waals surface area contributed by atoms with E-state index < -0.39 is 0 Å². The van der Waals surface area contributed by atoms with Crippen LogP contribution in [-0.4, -0.2) is 29.5 Å². The fraction of sp³-hybridized carbons (Fsp3) is 0.333. The van der Waals surface area contributed by atoms with Gasteiger partial charge < -0.3 is 14.5 Å². The molecular formula is C18H22N4O3. The van der Waals surface area contributed by atoms with Crippen LogP contribution >= 0.6 is 0 Å². The molecule has 1 atom stereocenters. The van der Waals surface area contributed by atoms with Crippen molar-refractivity contribution in [1.82, 2.24) is 15.1 Å². The van der Waals surface area contributed by atoms with Gasteiger partial charge in [-0.1, -0.05) is 18.2 Å². The summed E-state index contributed by atoms with van der Waals surface area (Å²) in [5.74, 6) is 1.22. The van der Waals surface area contributed by atoms with Crippen molar-refractivity contribution < 1.29 is 13.9 Å². The van der Waals surface area contributed by atoms with E-state index in [0.29, 0.717) is 18.2 Å². The summed E-state index contributed by atoms with van der Waals surface area (Å²) in [5.41, 5.74) is 0.807. The number of para-hydroxylation sites is 1. The van der Waals surface area contributed by atoms with E-state index in [9.17, 15) is 4.79 Å². The van der Waals surface area contributed by atoms with E-state index in [-0.39, 0.29) is 12.1 Å². The van der Waals surface area contributed by atoms with Crippen molar-refractivity contribution in [2.24, 2.45) is 0 Å². The number of hydrogen-bond donors (Lipinski definition) is 2. The number of anilines is 1. The average molecular weight is 342 g/mol. The predicted octanol–water partition coefficient (Wildman–Crippen LogP) is 3.55. The van der Waals surface area contributed by atoms with Crippen LogP contribution in [0.5, 0.6) is 0 Å². The van der Waals surface area contributed by atoms with Crippen molar-refractivity contribution in [2.75, 3.05) is 19.0 Å². The highest BCUT2D eigenvalue weighted by Gasteiger charge is 2.14. The molecule has 3 aromatic rings. The van der Waals surface area contributed by atoms with Crippen LogP contribution in [-0.2, 0) is 11.3 Å². The molecule has 0 aliphatic heterocycles. The highest BCUT2D eigenvalue weighted by molar-refractivity contribution is 5.88. The number of urea groups is 1. The second-order valence-electron chi connectivity index (χ2n) is 5.82. The number of aromatic nitrogens is 2. The van der Waals surface area contributed by atoms with Crippen molar-refractivity contribution in [3.8, 4) is 0 Å². The maximum Gasteiger partial charge on any atom is 0.321 e. The number of furan rings is 1. The Morgan fingerprint density at radius 3 is 3.00 bits per heavy atom. The van der Waals surface area contributed by atoms with Gasteiger partial charge in [0.05, 0.1) is 6.04 Å². The minimum atomic E-state index is -0.324. The number of fused-ring (bicyclic) bond motifs is 1. The summed E-state index contributed by atoms with van der Waals surface area (Å²) >= 11 is 0. The zero-order valence-corrected chi connectivity index (χ0v) is 14.4. The Hall–Kier alpha value is -2.80. The van der Waals surface area contributed by atoms with Crippen LogP contribution in [0.15, 0.2) is 47.0 Å². The van der Waals surface area contributed by atoms with E-state index in [4.69, 9.17) is 9.15 Å². The molecule has 3 rings (SSSR count). The number of methoxy groups -OCH3 is 1. The Kier molecular flexibility index (Phi) is 5.35. The summed E-state index contributed by atoms with van der Waals surface area (Å²) in [6, 6.07) is 10.9. The van der Waals surface area contributed by atoms with Crippen LogP contribution in [0, 0.1) is 0 Å². The zero-order chi connectivity index (χ0) is 17.6. The van der Waals surface area contributed by atoms with Gasteiger partial charge in [0.25, 0.3) is 0 Å². The van der Waals surface area contributed by atoms with Gasteiger partial charge in [0.2, 0.25) is 0 Å². The van der Waals surface area contributed by atoms with Gasteiger partial charge in [0.1, 0.15) is 11.3 Å². The van der Waals surface area contributed by atoms with E-state index in [0.717, 1.165) is 23.9 Å². The summed E-state index contributed by atoms with van der Waals surface area (Å²) in [7, 11) is 1.67. The first-order valence-electron chi connectivity index (χ1n) is 8.24. The molecule has 0 saturated carbocycles. The monoisotopic (exact) mass is 342 g/mol. The largest absolute Gasteiger partial charge is 0.459 e. The summed E-state index contributed by atoms with van der Waals surface area (Å²) in [6.07, 6.45) is 2.70. The molecule has 2 heterocycles. The number of carbonyl (C=O) groups is 1. The SMILES string of the molecule is COCCCn1ccc(NC(=O)N[C@@H](C)c2cc3ccccc3o2)n1. The van der Waals surface area contributed by atoms with Gasteiger partial charge in [0.15, 0.2) is 5.82 Å². The molecule has 25 heavy (non-hydrogen) atoms. The standard InChI is InChI=1S/C18H22N4O3/c1-13(16-12-14-6-3-4-7-15(14)25-16)19-18(23)20-17-8-10-22(21-17)9-5-11-24-2/h3-4,6-8,10,12-13H,5,9,11H2,1-2H3,(H2,19,20,21,23)/t13-/m0/s1. The van der Waals surface area contributed by atoms with Crippen molar-refractivity contribution in [3.63, 3.8) is 0 Å². The van der Waals surface area contributed by atoms with Gasteiger partial charge in [-0.3, -0.25) is 10.00 Å². The third-order valence-electron chi connectivity index (χ3n) is 3.84. The van der Waals surface area contributed by atoms with Gasteiger partial charge in [0, 0.05) is 37.9 Å². The van der Waals surface area contributed by atoms with Gasteiger partial charge in [-0.15, -0.1) is 0 Å². The zero-order valence-electron chi connectivity index (χ0n) is 14.4. The lowest BCUT2D eigenvalue weighted by Crippen LogP contribution is -2.31. The number of hydrogen-bond acceptors (Lipinski definition) is 4. The number of aryl methyl sites for hydroxylation is 1. The highest BCUT2D eigenvalue weighted by Crippen LogP contribution is 2.23. The minimum absolute atomic E-state index is 0.254. The molecule has 2 N–H and O–H groups in total. The molecule has 0 fully saturated rings. The molecule has 2 amide bonds. The normalized spacial score (nSPS) is 12.2. The van der Waals surface area contributed by atoms with E-state index in [1.165, 1.54) is 0 Å². The van der Waals surface area contributed by atoms with Gasteiger partial charge >= 0.3 is 6.03 Å². The van der Waals surface area contributed by atoms with Crippen LogP contribution in [0.1, 0.15) is 25.1 Å². The second kappa shape index (κ2) is 7.85. The molecule has 0 aliphatic rings. The fourth-order valence-corrected chi connectivity index (χ4v) is 2.56. The number of amides is 2. The number of rotatable bonds is 7. The predicted molar refractivity (Wildman–Crippen MR) is 95.5 cm³/mol. The van der Waals surface area contributed by atoms with Crippen molar-refractivity contribution in [2.45, 2.75) is 25.9 Å². The summed E-state index contributed by atoms with van der Waals surface area (Å²) < 4.78 is 12.6. The van der Waals surface area contributed by atoms with Crippen LogP contribution < -0.4 is 10.6 Å². The Balaban J connectivity index is 1.54. The van der Waals surface area contributed by atoms with Crippen molar-refractivity contribution >= 4 is 22.8 Å². The number of carbonyl (C=O) groups excluding carboxylic acids is 1. The van der Waals surface area contributed by atoms with Crippen molar-refractivity contribution in [3.05, 3.63) is 48.4 Å². The van der Waals surface area contributed by atoms with E-state index in [2.05, 4.69) is 15.7 Å². The Morgan fingerprint density at radius 2 is 2.20 bits per heavy atom. The van der Waals surface area contributed by atoms with E-state index in [1.54, 1.807) is 17.9 Å². The molecule has 0 aliphatic carbocycles. The number of nitrogens with zero attached hydrogens (tertiary/aromatic N) is 2. The first-order chi connectivity index (χ1) is 12.2. The lowest BCUT2D eigenvalue weighted by Gasteiger charge is -2.11. The topological polar surface area (TPSA) is 81.3 Å². The minimum Gasteiger partial charge on any atom is -0.459 e. The van der Waals surface area contributed by atoms with Gasteiger partial charge in [-0.05, 0) is 25.5 Å². The first-order valence-corrected chi connectivity index (χ1v) is 8.24. The third-order valence-corrected chi connectivity index (χ3v) is 3.84. The van der Waals surface area contributed by atoms with E-state index in [1.807, 2.05) is 43.5 Å². The first kappa shape index (κ1) is 17.0. The number of nitrogens with one attached hydrogen (secondary N) is 2. The van der Waals surface area contributed by atoms with Crippen molar-refractivity contribution in [1.29, 1.82) is 0 Å². The number of ether oxygens (including phenoxy) is 1. The Bertz CT molecular complexity index is 807. The van der Waals surface area contributed by atoms with Crippen LogP contribution in [0.4, 0.5) is 10.6 Å². The molecule has 132 valence electrons. The highest BCUT2D eigenvalue weighted by atomic mass is 16.5. The van der Waals surface area contributed by atoms with Crippen LogP contribution in [0.3, 0.4) is 0 Å². The molecule has 0 spiro atoms. The lowest BCUT2D eigenvalue weighted by molar-refractivity contribution is 0.189. The number of benzene rings is 1. The third kappa shape index (κ3) is 4.39. The fourth-order valence-electron chi connectivity index (χ4n) is 2.56. The molecule has 0 unspecified atom stereocenters. The van der Waals surface area contributed by atoms with Gasteiger partial charge in [-0.2, -0.15) is 5.10 Å². The average Bonchev–Trinajstić information content (AvgIpc) is 3.21. The Labute approximate surface area is 146 Å². The molecule has 0 saturated heterocycles. The van der Waals surface area contributed by atoms with Gasteiger partial charge in [-0.25, -0.2) is 4.79 Å². The second-order valence-corrected chi connectivity index (χ2v) is 5.82. The molecule has 7 nitrogen and oxygen atoms in total. The molecular weight excluding hydrogens is 320 g/mol. The molecule has 0 radical (unpaired) electrons. The summed E-state index contributed by atoms with van der Waals surface area (Å²) in [6.45, 7) is 3.30. The molecule has 2 aromatic heterocycles. The van der Waals surface area contributed by atoms with Crippen LogP contribution in [0.2, 0.25) is 0 Å². The molecule has 0 bridgehead atoms. The molecule has 7 heteroatoms. The summed E-state index contributed by atoms with van der Waals surface area (Å²) in [5, 5.41) is 10.9. The van der Waals surface area contributed by atoms with E-state index >= 15 is 0 Å². The van der Waals surface area contributed by atoms with Crippen LogP contribution in [0.25, 0.3) is 11.0 Å². The molecule has 1 aromatic carbocycles.